The Morgan fingerprint density at radius 1 is 1.03 bits per heavy atom. The van der Waals surface area contributed by atoms with Crippen LogP contribution in [0.15, 0.2) is 36.4 Å². The third-order valence-corrected chi connectivity index (χ3v) is 8.01. The van der Waals surface area contributed by atoms with Crippen LogP contribution in [0.5, 0.6) is 0 Å². The van der Waals surface area contributed by atoms with Crippen LogP contribution >= 0.6 is 34.8 Å². The molecule has 0 radical (unpaired) electrons. The van der Waals surface area contributed by atoms with Crippen molar-refractivity contribution in [3.63, 3.8) is 0 Å². The number of nitrogens with zero attached hydrogens (tertiary/aromatic N) is 2. The van der Waals surface area contributed by atoms with Crippen LogP contribution in [0.1, 0.15) is 37.8 Å². The molecule has 0 bridgehead atoms. The number of hydrogen-bond acceptors (Lipinski definition) is 4. The summed E-state index contributed by atoms with van der Waals surface area (Å²) < 4.78 is 0. The van der Waals surface area contributed by atoms with Crippen LogP contribution in [0, 0.1) is 11.8 Å². The first-order valence-corrected chi connectivity index (χ1v) is 13.4. The van der Waals surface area contributed by atoms with Crippen molar-refractivity contribution >= 4 is 58.1 Å². The molecule has 7 nitrogen and oxygen atoms in total. The normalized spacial score (nSPS) is 19.3. The fraction of sp³-hybridized carbons (Fsp3) is 0.462. The number of halogens is 3. The summed E-state index contributed by atoms with van der Waals surface area (Å²) in [4.78, 5) is 28.3. The summed E-state index contributed by atoms with van der Waals surface area (Å²) in [6, 6.07) is 10.9. The van der Waals surface area contributed by atoms with Crippen molar-refractivity contribution in [2.75, 3.05) is 42.9 Å². The lowest BCUT2D eigenvalue weighted by atomic mass is 9.95. The van der Waals surface area contributed by atoms with Crippen LogP contribution in [0.25, 0.3) is 0 Å². The van der Waals surface area contributed by atoms with E-state index >= 15 is 0 Å². The highest BCUT2D eigenvalue weighted by molar-refractivity contribution is 6.35. The highest BCUT2D eigenvalue weighted by Crippen LogP contribution is 2.34. The number of anilines is 2. The molecule has 2 atom stereocenters. The zero-order chi connectivity index (χ0) is 25.8. The number of piperidine rings is 1. The summed E-state index contributed by atoms with van der Waals surface area (Å²) in [5.74, 6) is 0.524. The Morgan fingerprint density at radius 2 is 1.78 bits per heavy atom. The van der Waals surface area contributed by atoms with E-state index in [2.05, 4.69) is 21.6 Å². The largest absolute Gasteiger partial charge is 0.377 e. The average Bonchev–Trinajstić information content (AvgIpc) is 3.33. The van der Waals surface area contributed by atoms with Gasteiger partial charge in [-0.3, -0.25) is 4.79 Å². The first-order chi connectivity index (χ1) is 17.2. The van der Waals surface area contributed by atoms with Gasteiger partial charge in [0.2, 0.25) is 5.91 Å². The third kappa shape index (κ3) is 6.50. The molecule has 0 spiro atoms. The first kappa shape index (κ1) is 26.7. The number of benzene rings is 2. The molecule has 0 aliphatic carbocycles. The summed E-state index contributed by atoms with van der Waals surface area (Å²) >= 11 is 18.9. The molecule has 2 heterocycles. The number of rotatable bonds is 7. The lowest BCUT2D eigenvalue weighted by Gasteiger charge is -2.35. The standard InChI is InChI=1S/C26H32Cl3N5O2/c1-16(21-4-2-19(27)12-23(21)29)32-24-13-20(3-5-22(24)28)33-10-7-18(8-11-33)25(35)34-9-6-17(15-34)14-31-26(30)36/h2-5,12-13,16-18,32H,6-11,14-15H2,1H3,(H3,30,31,36). The quantitative estimate of drug-likeness (QED) is 0.420. The lowest BCUT2D eigenvalue weighted by molar-refractivity contribution is -0.135. The van der Waals surface area contributed by atoms with E-state index in [1.165, 1.54) is 0 Å². The van der Waals surface area contributed by atoms with E-state index in [-0.39, 0.29) is 23.8 Å². The summed E-state index contributed by atoms with van der Waals surface area (Å²) in [7, 11) is 0. The molecule has 36 heavy (non-hydrogen) atoms. The van der Waals surface area contributed by atoms with Crippen LogP contribution < -0.4 is 21.3 Å². The van der Waals surface area contributed by atoms with E-state index in [1.807, 2.05) is 36.1 Å². The maximum Gasteiger partial charge on any atom is 0.312 e. The maximum absolute atomic E-state index is 13.1. The second kappa shape index (κ2) is 11.8. The first-order valence-electron chi connectivity index (χ1n) is 12.3. The molecule has 2 fully saturated rings. The van der Waals surface area contributed by atoms with Gasteiger partial charge in [-0.05, 0) is 68.0 Å². The molecule has 10 heteroatoms. The highest BCUT2D eigenvalue weighted by atomic mass is 35.5. The fourth-order valence-electron chi connectivity index (χ4n) is 5.07. The van der Waals surface area contributed by atoms with Crippen LogP contribution in [-0.4, -0.2) is 49.6 Å². The fourth-order valence-corrected chi connectivity index (χ4v) is 5.82. The lowest BCUT2D eigenvalue weighted by Crippen LogP contribution is -2.42. The molecule has 2 aromatic rings. The van der Waals surface area contributed by atoms with Gasteiger partial charge in [0, 0.05) is 54.4 Å². The minimum Gasteiger partial charge on any atom is -0.377 e. The number of hydrogen-bond donors (Lipinski definition) is 3. The van der Waals surface area contributed by atoms with Crippen molar-refractivity contribution in [2.24, 2.45) is 17.6 Å². The van der Waals surface area contributed by atoms with Gasteiger partial charge in [0.15, 0.2) is 0 Å². The van der Waals surface area contributed by atoms with Crippen molar-refractivity contribution in [1.29, 1.82) is 0 Å². The molecule has 0 aromatic heterocycles. The number of carbonyl (C=O) groups excluding carboxylic acids is 2. The van der Waals surface area contributed by atoms with Crippen molar-refractivity contribution < 1.29 is 9.59 Å². The molecule has 2 aliphatic rings. The number of nitrogens with one attached hydrogen (secondary N) is 2. The summed E-state index contributed by atoms with van der Waals surface area (Å²) in [5.41, 5.74) is 8.01. The number of primary amides is 1. The van der Waals surface area contributed by atoms with Gasteiger partial charge in [0.05, 0.1) is 16.8 Å². The third-order valence-electron chi connectivity index (χ3n) is 7.12. The zero-order valence-corrected chi connectivity index (χ0v) is 22.5. The van der Waals surface area contributed by atoms with Gasteiger partial charge in [-0.25, -0.2) is 4.79 Å². The van der Waals surface area contributed by atoms with Gasteiger partial charge in [0.1, 0.15) is 0 Å². The van der Waals surface area contributed by atoms with E-state index in [4.69, 9.17) is 40.5 Å². The summed E-state index contributed by atoms with van der Waals surface area (Å²) in [6.07, 6.45) is 2.51. The minimum atomic E-state index is -0.518. The van der Waals surface area contributed by atoms with Gasteiger partial charge >= 0.3 is 6.03 Å². The highest BCUT2D eigenvalue weighted by Gasteiger charge is 2.33. The van der Waals surface area contributed by atoms with E-state index in [9.17, 15) is 9.59 Å². The van der Waals surface area contributed by atoms with Gasteiger partial charge in [-0.1, -0.05) is 40.9 Å². The average molecular weight is 553 g/mol. The molecule has 194 valence electrons. The summed E-state index contributed by atoms with van der Waals surface area (Å²) in [5, 5.41) is 7.96. The van der Waals surface area contributed by atoms with Gasteiger partial charge in [0.25, 0.3) is 0 Å². The molecule has 2 aliphatic heterocycles. The molecule has 2 unspecified atom stereocenters. The van der Waals surface area contributed by atoms with E-state index < -0.39 is 6.03 Å². The van der Waals surface area contributed by atoms with Crippen molar-refractivity contribution in [1.82, 2.24) is 10.2 Å². The van der Waals surface area contributed by atoms with Crippen LogP contribution in [0.3, 0.4) is 0 Å². The van der Waals surface area contributed by atoms with Crippen LogP contribution in [-0.2, 0) is 4.79 Å². The van der Waals surface area contributed by atoms with E-state index in [0.29, 0.717) is 28.2 Å². The van der Waals surface area contributed by atoms with Crippen molar-refractivity contribution in [3.8, 4) is 0 Å². The maximum atomic E-state index is 13.1. The van der Waals surface area contributed by atoms with Crippen molar-refractivity contribution in [2.45, 2.75) is 32.2 Å². The topological polar surface area (TPSA) is 90.7 Å². The van der Waals surface area contributed by atoms with Crippen molar-refractivity contribution in [3.05, 3.63) is 57.0 Å². The Morgan fingerprint density at radius 3 is 2.47 bits per heavy atom. The molecule has 4 N–H and O–H groups in total. The minimum absolute atomic E-state index is 0.0288. The number of urea groups is 1. The number of nitrogens with two attached hydrogens (primary N) is 1. The predicted octanol–water partition coefficient (Wildman–Crippen LogP) is 5.55. The van der Waals surface area contributed by atoms with Gasteiger partial charge in [-0.2, -0.15) is 0 Å². The second-order valence-corrected chi connectivity index (χ2v) is 10.9. The Bertz CT molecular complexity index is 1110. The summed E-state index contributed by atoms with van der Waals surface area (Å²) in [6.45, 7) is 5.58. The predicted molar refractivity (Wildman–Crippen MR) is 147 cm³/mol. The zero-order valence-electron chi connectivity index (χ0n) is 20.3. The van der Waals surface area contributed by atoms with Gasteiger partial charge in [-0.15, -0.1) is 0 Å². The Hall–Kier alpha value is -2.35. The number of amides is 3. The molecular formula is C26H32Cl3N5O2. The van der Waals surface area contributed by atoms with Gasteiger partial charge < -0.3 is 26.2 Å². The van der Waals surface area contributed by atoms with Crippen LogP contribution in [0.4, 0.5) is 16.2 Å². The molecule has 0 saturated carbocycles. The number of likely N-dealkylation sites (tertiary alicyclic amines) is 1. The van der Waals surface area contributed by atoms with E-state index in [1.54, 1.807) is 6.07 Å². The van der Waals surface area contributed by atoms with Crippen LogP contribution in [0.2, 0.25) is 15.1 Å². The smallest absolute Gasteiger partial charge is 0.312 e. The molecule has 4 rings (SSSR count). The monoisotopic (exact) mass is 551 g/mol. The second-order valence-electron chi connectivity index (χ2n) is 9.64. The Labute approximate surface area is 227 Å². The number of carbonyl (C=O) groups is 2. The van der Waals surface area contributed by atoms with E-state index in [0.717, 1.165) is 55.8 Å². The SMILES string of the molecule is CC(Nc1cc(N2CCC(C(=O)N3CCC(CNC(N)=O)C3)CC2)ccc1Cl)c1ccc(Cl)cc1Cl. The molecule has 2 aromatic carbocycles. The molecular weight excluding hydrogens is 521 g/mol. The molecule has 2 saturated heterocycles. The Balaban J connectivity index is 1.33. The molecule has 3 amide bonds. The Kier molecular flexibility index (Phi) is 8.75.